The molecule has 0 bridgehead atoms. The van der Waals surface area contributed by atoms with Crippen molar-refractivity contribution in [1.29, 1.82) is 0 Å². The average molecular weight is 877 g/mol. The van der Waals surface area contributed by atoms with Crippen LogP contribution >= 0.6 is 0 Å². The molecule has 0 fully saturated rings. The Morgan fingerprint density at radius 2 is 0.768 bits per heavy atom. The van der Waals surface area contributed by atoms with Gasteiger partial charge >= 0.3 is 0 Å². The Morgan fingerprint density at radius 3 is 1.45 bits per heavy atom. The highest BCUT2D eigenvalue weighted by atomic mass is 15.1. The fraction of sp³-hybridized carbons (Fsp3) is 0.0149. The normalized spacial score (nSPS) is 12.8. The zero-order valence-electron chi connectivity index (χ0n) is 37.8. The second kappa shape index (κ2) is 15.6. The van der Waals surface area contributed by atoms with E-state index >= 15 is 0 Å². The molecular formula is C67H44N2. The molecule has 0 saturated carbocycles. The highest BCUT2D eigenvalue weighted by Crippen LogP contribution is 2.61. The highest BCUT2D eigenvalue weighted by molar-refractivity contribution is 6.14. The minimum Gasteiger partial charge on any atom is -0.309 e. The molecule has 1 aliphatic heterocycles. The van der Waals surface area contributed by atoms with Gasteiger partial charge in [0.25, 0.3) is 0 Å². The molecule has 0 N–H and O–H groups in total. The number of rotatable bonds is 7. The van der Waals surface area contributed by atoms with E-state index in [0.29, 0.717) is 0 Å². The zero-order chi connectivity index (χ0) is 45.5. The standard InChI is InChI=1S/C67H44N2/c1-3-19-45(20-4-1)47-37-39-48(40-38-47)52-25-9-14-34-62(52)68(63-35-15-10-26-53(63)50-24-17-23-49(43-50)46-21-5-2-6-22-46)51-41-42-64-57(44-51)56-29-18-33-61-66(56)69(64)65-36-16-13-32-60(65)67(61)58-30-11-7-27-54(58)55-28-8-12-31-59(55)67/h1-44H. The monoisotopic (exact) mass is 876 g/mol. The average Bonchev–Trinajstić information content (AvgIpc) is 3.92. The Hall–Kier alpha value is -8.98. The quantitative estimate of drug-likeness (QED) is 0.155. The van der Waals surface area contributed by atoms with Gasteiger partial charge < -0.3 is 9.47 Å². The molecule has 69 heavy (non-hydrogen) atoms. The largest absolute Gasteiger partial charge is 0.309 e. The van der Waals surface area contributed by atoms with E-state index in [9.17, 15) is 0 Å². The van der Waals surface area contributed by atoms with Crippen LogP contribution in [0.2, 0.25) is 0 Å². The van der Waals surface area contributed by atoms with Crippen molar-refractivity contribution in [3.63, 3.8) is 0 Å². The van der Waals surface area contributed by atoms with Crippen LogP contribution in [-0.2, 0) is 5.41 Å². The summed E-state index contributed by atoms with van der Waals surface area (Å²) in [5.41, 5.74) is 23.9. The maximum atomic E-state index is 2.55. The molecule has 1 aromatic heterocycles. The number of benzene rings is 11. The van der Waals surface area contributed by atoms with Crippen molar-refractivity contribution in [3.05, 3.63) is 289 Å². The summed E-state index contributed by atoms with van der Waals surface area (Å²) in [6.07, 6.45) is 0. The van der Waals surface area contributed by atoms with Crippen LogP contribution in [0, 0.1) is 0 Å². The molecule has 14 rings (SSSR count). The van der Waals surface area contributed by atoms with Crippen LogP contribution in [0.1, 0.15) is 22.3 Å². The van der Waals surface area contributed by atoms with Gasteiger partial charge in [-0.15, -0.1) is 0 Å². The van der Waals surface area contributed by atoms with Gasteiger partial charge in [-0.2, -0.15) is 0 Å². The topological polar surface area (TPSA) is 8.17 Å². The van der Waals surface area contributed by atoms with Gasteiger partial charge in [-0.1, -0.05) is 224 Å². The minimum atomic E-state index is -0.468. The third-order valence-corrected chi connectivity index (χ3v) is 14.8. The molecule has 0 atom stereocenters. The van der Waals surface area contributed by atoms with Crippen molar-refractivity contribution in [2.45, 2.75) is 5.41 Å². The minimum absolute atomic E-state index is 0.468. The predicted octanol–water partition coefficient (Wildman–Crippen LogP) is 17.6. The third-order valence-electron chi connectivity index (χ3n) is 14.8. The fourth-order valence-electron chi connectivity index (χ4n) is 11.9. The smallest absolute Gasteiger partial charge is 0.0754 e. The number of hydrogen-bond acceptors (Lipinski definition) is 1. The van der Waals surface area contributed by atoms with Gasteiger partial charge in [0.05, 0.1) is 33.5 Å². The molecule has 0 amide bonds. The number of hydrogen-bond donors (Lipinski definition) is 0. The molecule has 2 aliphatic rings. The van der Waals surface area contributed by atoms with Gasteiger partial charge in [0.1, 0.15) is 0 Å². The molecule has 12 aromatic rings. The first-order valence-corrected chi connectivity index (χ1v) is 23.9. The van der Waals surface area contributed by atoms with Crippen molar-refractivity contribution in [3.8, 4) is 61.3 Å². The molecule has 2 heterocycles. The summed E-state index contributed by atoms with van der Waals surface area (Å²) >= 11 is 0. The van der Waals surface area contributed by atoms with Crippen LogP contribution in [0.25, 0.3) is 83.1 Å². The van der Waals surface area contributed by atoms with Gasteiger partial charge in [0.2, 0.25) is 0 Å². The van der Waals surface area contributed by atoms with E-state index in [4.69, 9.17) is 0 Å². The summed E-state index contributed by atoms with van der Waals surface area (Å²) < 4.78 is 2.55. The first kappa shape index (κ1) is 39.2. The van der Waals surface area contributed by atoms with Crippen LogP contribution in [0.4, 0.5) is 17.1 Å². The zero-order valence-corrected chi connectivity index (χ0v) is 37.8. The summed E-state index contributed by atoms with van der Waals surface area (Å²) in [5.74, 6) is 0. The molecular weight excluding hydrogens is 833 g/mol. The van der Waals surface area contributed by atoms with Gasteiger partial charge in [0.15, 0.2) is 0 Å². The summed E-state index contributed by atoms with van der Waals surface area (Å²) in [7, 11) is 0. The molecule has 0 unspecified atom stereocenters. The number of fused-ring (bicyclic) bond motifs is 12. The van der Waals surface area contributed by atoms with E-state index in [1.807, 2.05) is 0 Å². The number of anilines is 3. The van der Waals surface area contributed by atoms with Crippen LogP contribution in [0.5, 0.6) is 0 Å². The van der Waals surface area contributed by atoms with E-state index in [-0.39, 0.29) is 0 Å². The van der Waals surface area contributed by atoms with Gasteiger partial charge in [-0.3, -0.25) is 0 Å². The maximum absolute atomic E-state index is 2.55. The Balaban J connectivity index is 1.02. The van der Waals surface area contributed by atoms with Crippen molar-refractivity contribution in [1.82, 2.24) is 4.57 Å². The Morgan fingerprint density at radius 1 is 0.290 bits per heavy atom. The van der Waals surface area contributed by atoms with E-state index in [1.54, 1.807) is 0 Å². The second-order valence-electron chi connectivity index (χ2n) is 18.4. The van der Waals surface area contributed by atoms with E-state index in [0.717, 1.165) is 39.3 Å². The second-order valence-corrected chi connectivity index (χ2v) is 18.4. The molecule has 0 saturated heterocycles. The predicted molar refractivity (Wildman–Crippen MR) is 288 cm³/mol. The Bertz CT molecular complexity index is 3910. The van der Waals surface area contributed by atoms with Crippen molar-refractivity contribution in [2.75, 3.05) is 4.90 Å². The Labute approximate surface area is 402 Å². The number of para-hydroxylation sites is 4. The fourth-order valence-corrected chi connectivity index (χ4v) is 11.9. The summed E-state index contributed by atoms with van der Waals surface area (Å²) in [6, 6.07) is 98.6. The SMILES string of the molecule is c1ccc(-c2ccc(-c3ccccc3N(c3ccc4c(c3)c3cccc5c3n4-c3ccccc3C53c4ccccc4-c4ccccc43)c3ccccc3-c3cccc(-c4ccccc4)c3)cc2)cc1. The molecule has 2 heteroatoms. The van der Waals surface area contributed by atoms with Gasteiger partial charge in [0, 0.05) is 27.6 Å². The van der Waals surface area contributed by atoms with Crippen LogP contribution < -0.4 is 4.90 Å². The lowest BCUT2D eigenvalue weighted by Crippen LogP contribution is -2.33. The van der Waals surface area contributed by atoms with E-state index in [1.165, 1.54) is 83.1 Å². The molecule has 1 aliphatic carbocycles. The van der Waals surface area contributed by atoms with Crippen molar-refractivity contribution >= 4 is 38.9 Å². The van der Waals surface area contributed by atoms with Crippen LogP contribution in [0.15, 0.2) is 267 Å². The van der Waals surface area contributed by atoms with Gasteiger partial charge in [-0.05, 0) is 109 Å². The summed E-state index contributed by atoms with van der Waals surface area (Å²) in [5, 5.41) is 2.46. The molecule has 0 radical (unpaired) electrons. The molecule has 2 nitrogen and oxygen atoms in total. The number of aromatic nitrogens is 1. The van der Waals surface area contributed by atoms with Crippen molar-refractivity contribution < 1.29 is 0 Å². The maximum Gasteiger partial charge on any atom is 0.0754 e. The van der Waals surface area contributed by atoms with Gasteiger partial charge in [-0.25, -0.2) is 0 Å². The lowest BCUT2D eigenvalue weighted by Gasteiger charge is -2.39. The Kier molecular flexibility index (Phi) is 8.84. The summed E-state index contributed by atoms with van der Waals surface area (Å²) in [6.45, 7) is 0. The molecule has 11 aromatic carbocycles. The number of nitrogens with zero attached hydrogens (tertiary/aromatic N) is 2. The lowest BCUT2D eigenvalue weighted by atomic mass is 9.65. The highest BCUT2D eigenvalue weighted by Gasteiger charge is 2.50. The first-order valence-electron chi connectivity index (χ1n) is 23.9. The van der Waals surface area contributed by atoms with Crippen LogP contribution in [0.3, 0.4) is 0 Å². The molecule has 322 valence electrons. The van der Waals surface area contributed by atoms with Crippen molar-refractivity contribution in [2.24, 2.45) is 0 Å². The first-order chi connectivity index (χ1) is 34.3. The molecule has 1 spiro atoms. The van der Waals surface area contributed by atoms with E-state index < -0.39 is 5.41 Å². The lowest BCUT2D eigenvalue weighted by molar-refractivity contribution is 0.748. The van der Waals surface area contributed by atoms with Crippen LogP contribution in [-0.4, -0.2) is 4.57 Å². The third kappa shape index (κ3) is 5.86. The van der Waals surface area contributed by atoms with E-state index in [2.05, 4.69) is 276 Å². The summed E-state index contributed by atoms with van der Waals surface area (Å²) in [4.78, 5) is 2.50.